The van der Waals surface area contributed by atoms with Crippen LogP contribution in [0.5, 0.6) is 5.88 Å². The van der Waals surface area contributed by atoms with E-state index >= 15 is 0 Å². The van der Waals surface area contributed by atoms with Crippen molar-refractivity contribution in [2.75, 3.05) is 5.75 Å². The average molecular weight is 629 g/mol. The summed E-state index contributed by atoms with van der Waals surface area (Å²) in [5.41, 5.74) is 5.08. The number of benzene rings is 2. The van der Waals surface area contributed by atoms with Crippen molar-refractivity contribution in [2.45, 2.75) is 141 Å². The summed E-state index contributed by atoms with van der Waals surface area (Å²) in [5, 5.41) is 10.8. The Kier molecular flexibility index (Phi) is 13.9. The second-order valence-electron chi connectivity index (χ2n) is 13.9. The first-order valence-electron chi connectivity index (χ1n) is 17.7. The Morgan fingerprint density at radius 3 is 1.67 bits per heavy atom. The molecule has 1 aliphatic heterocycles. The van der Waals surface area contributed by atoms with E-state index < -0.39 is 0 Å². The van der Waals surface area contributed by atoms with Crippen molar-refractivity contribution >= 4 is 23.4 Å². The molecule has 0 radical (unpaired) electrons. The molecule has 0 bridgehead atoms. The van der Waals surface area contributed by atoms with Crippen LogP contribution in [-0.4, -0.2) is 27.5 Å². The van der Waals surface area contributed by atoms with Crippen LogP contribution >= 0.6 is 11.8 Å². The van der Waals surface area contributed by atoms with Crippen LogP contribution in [0.3, 0.4) is 0 Å². The number of hydrogen-bond acceptors (Lipinski definition) is 3. The summed E-state index contributed by atoms with van der Waals surface area (Å²) in [6.45, 7) is 8.81. The molecule has 2 N–H and O–H groups in total. The van der Waals surface area contributed by atoms with E-state index in [9.17, 15) is 9.90 Å². The highest BCUT2D eigenvalue weighted by Gasteiger charge is 2.33. The van der Waals surface area contributed by atoms with Crippen molar-refractivity contribution in [3.05, 3.63) is 70.8 Å². The topological polar surface area (TPSA) is 65.4 Å². The molecule has 2 aromatic carbocycles. The van der Waals surface area contributed by atoms with Gasteiger partial charge in [0.25, 0.3) is 5.91 Å². The summed E-state index contributed by atoms with van der Waals surface area (Å²) in [7, 11) is 0. The van der Waals surface area contributed by atoms with E-state index in [1.54, 1.807) is 0 Å². The highest BCUT2D eigenvalue weighted by Crippen LogP contribution is 2.38. The summed E-state index contributed by atoms with van der Waals surface area (Å²) in [6, 6.07) is 16.4. The fourth-order valence-corrected chi connectivity index (χ4v) is 7.17. The smallest absolute Gasteiger partial charge is 0.280 e. The molecule has 1 amide bonds. The summed E-state index contributed by atoms with van der Waals surface area (Å²) >= 11 is 1.89. The van der Waals surface area contributed by atoms with Crippen molar-refractivity contribution in [1.82, 2.24) is 4.98 Å². The standard InChI is InChI=1S/C40H56N2O2S/c1-5-6-7-8-9-10-11-12-13-14-15-16-17-18-19-20-29-45-33-27-23-31(24-28-33)37-35-34(38(43)42-37)36(41-39(35)44)30-21-25-32(26-22-30)40(2,3)4/h21-28,42-43H,5-20,29H2,1-4H3. The van der Waals surface area contributed by atoms with E-state index in [1.807, 2.05) is 36.0 Å². The van der Waals surface area contributed by atoms with Gasteiger partial charge in [0, 0.05) is 10.5 Å². The van der Waals surface area contributed by atoms with Crippen LogP contribution in [0, 0.1) is 0 Å². The number of carbonyl (C=O) groups excluding carboxylic acids is 1. The Bertz CT molecular complexity index is 1360. The third-order valence-corrected chi connectivity index (χ3v) is 10.2. The number of unbranched alkanes of at least 4 members (excludes halogenated alkanes) is 15. The molecular formula is C40H56N2O2S. The van der Waals surface area contributed by atoms with E-state index in [2.05, 4.69) is 61.9 Å². The first kappa shape index (κ1) is 35.1. The molecule has 45 heavy (non-hydrogen) atoms. The van der Waals surface area contributed by atoms with Gasteiger partial charge in [0.15, 0.2) is 5.88 Å². The Morgan fingerprint density at radius 1 is 0.667 bits per heavy atom. The molecule has 1 aliphatic rings. The van der Waals surface area contributed by atoms with Crippen molar-refractivity contribution in [1.29, 1.82) is 0 Å². The lowest BCUT2D eigenvalue weighted by Crippen LogP contribution is -2.11. The van der Waals surface area contributed by atoms with Crippen LogP contribution in [0.2, 0.25) is 0 Å². The van der Waals surface area contributed by atoms with Crippen LogP contribution in [0.4, 0.5) is 0 Å². The van der Waals surface area contributed by atoms with Gasteiger partial charge in [-0.25, -0.2) is 4.99 Å². The minimum absolute atomic E-state index is 0.00792. The summed E-state index contributed by atoms with van der Waals surface area (Å²) in [4.78, 5) is 21.7. The summed E-state index contributed by atoms with van der Waals surface area (Å²) in [6.07, 6.45) is 22.3. The first-order chi connectivity index (χ1) is 21.8. The van der Waals surface area contributed by atoms with Crippen molar-refractivity contribution in [3.8, 4) is 17.1 Å². The third kappa shape index (κ3) is 10.4. The van der Waals surface area contributed by atoms with Gasteiger partial charge in [-0.1, -0.05) is 160 Å². The largest absolute Gasteiger partial charge is 0.494 e. The number of hydrogen-bond donors (Lipinski definition) is 2. The molecule has 1 aromatic heterocycles. The van der Waals surface area contributed by atoms with Gasteiger partial charge in [-0.3, -0.25) is 4.79 Å². The van der Waals surface area contributed by atoms with Gasteiger partial charge in [-0.2, -0.15) is 0 Å². The molecule has 4 rings (SSSR count). The first-order valence-corrected chi connectivity index (χ1v) is 18.7. The fourth-order valence-electron chi connectivity index (χ4n) is 6.26. The van der Waals surface area contributed by atoms with Gasteiger partial charge in [-0.05, 0) is 40.8 Å². The number of nitrogens with zero attached hydrogens (tertiary/aromatic N) is 1. The fraction of sp³-hybridized carbons (Fsp3) is 0.550. The summed E-state index contributed by atoms with van der Waals surface area (Å²) in [5.74, 6) is 0.806. The van der Waals surface area contributed by atoms with E-state index in [1.165, 1.54) is 113 Å². The number of carbonyl (C=O) groups is 1. The lowest BCUT2D eigenvalue weighted by Gasteiger charge is -2.19. The molecule has 2 heterocycles. The van der Waals surface area contributed by atoms with Crippen LogP contribution in [0.1, 0.15) is 157 Å². The lowest BCUT2D eigenvalue weighted by molar-refractivity contribution is 0.101. The second-order valence-corrected chi connectivity index (χ2v) is 15.0. The molecule has 244 valence electrons. The molecule has 0 saturated carbocycles. The van der Waals surface area contributed by atoms with Gasteiger partial charge < -0.3 is 10.1 Å². The van der Waals surface area contributed by atoms with E-state index in [4.69, 9.17) is 0 Å². The SMILES string of the molecule is CCCCCCCCCCCCCCCCCCSc1ccc(-c2[nH]c(O)c3c2C(=O)N=C3c2ccc(C(C)(C)C)cc2)cc1. The number of rotatable bonds is 20. The molecule has 0 unspecified atom stereocenters. The second kappa shape index (κ2) is 17.8. The summed E-state index contributed by atoms with van der Waals surface area (Å²) < 4.78 is 0. The Morgan fingerprint density at radius 2 is 1.16 bits per heavy atom. The average Bonchev–Trinajstić information content (AvgIpc) is 3.56. The minimum atomic E-state index is -0.312. The number of aromatic nitrogens is 1. The molecule has 0 aliphatic carbocycles. The number of aromatic amines is 1. The predicted octanol–water partition coefficient (Wildman–Crippen LogP) is 12.0. The van der Waals surface area contributed by atoms with Crippen LogP contribution in [0.25, 0.3) is 11.3 Å². The highest BCUT2D eigenvalue weighted by molar-refractivity contribution is 7.99. The quantitative estimate of drug-likeness (QED) is 0.0966. The molecule has 0 spiro atoms. The van der Waals surface area contributed by atoms with Gasteiger partial charge >= 0.3 is 0 Å². The molecule has 0 fully saturated rings. The maximum Gasteiger partial charge on any atom is 0.280 e. The van der Waals surface area contributed by atoms with Crippen LogP contribution in [-0.2, 0) is 5.41 Å². The highest BCUT2D eigenvalue weighted by atomic mass is 32.2. The van der Waals surface area contributed by atoms with Gasteiger partial charge in [-0.15, -0.1) is 11.8 Å². The number of aliphatic imine (C=N–C) groups is 1. The monoisotopic (exact) mass is 628 g/mol. The third-order valence-electron chi connectivity index (χ3n) is 9.08. The predicted molar refractivity (Wildman–Crippen MR) is 193 cm³/mol. The van der Waals surface area contributed by atoms with Crippen molar-refractivity contribution in [3.63, 3.8) is 0 Å². The van der Waals surface area contributed by atoms with Crippen LogP contribution < -0.4 is 0 Å². The number of amides is 1. The van der Waals surface area contributed by atoms with Crippen molar-refractivity contribution < 1.29 is 9.90 Å². The van der Waals surface area contributed by atoms with E-state index in [-0.39, 0.29) is 17.2 Å². The van der Waals surface area contributed by atoms with E-state index in [0.717, 1.165) is 16.9 Å². The number of fused-ring (bicyclic) bond motifs is 1. The Hall–Kier alpha value is -2.79. The number of aromatic hydroxyl groups is 1. The molecule has 3 aromatic rings. The van der Waals surface area contributed by atoms with Gasteiger partial charge in [0.2, 0.25) is 0 Å². The zero-order chi connectivity index (χ0) is 32.1. The van der Waals surface area contributed by atoms with E-state index in [0.29, 0.717) is 22.5 Å². The molecule has 4 nitrogen and oxygen atoms in total. The Labute approximate surface area is 276 Å². The van der Waals surface area contributed by atoms with Crippen molar-refractivity contribution in [2.24, 2.45) is 4.99 Å². The molecule has 0 atom stereocenters. The molecular weight excluding hydrogens is 573 g/mol. The number of thioether (sulfide) groups is 1. The van der Waals surface area contributed by atoms with Crippen LogP contribution in [0.15, 0.2) is 58.4 Å². The normalized spacial score (nSPS) is 13.0. The van der Waals surface area contributed by atoms with Gasteiger partial charge in [0.1, 0.15) is 0 Å². The molecule has 0 saturated heterocycles. The lowest BCUT2D eigenvalue weighted by atomic mass is 9.86. The number of nitrogens with one attached hydrogen (secondary N) is 1. The zero-order valence-corrected chi connectivity index (χ0v) is 29.2. The zero-order valence-electron chi connectivity index (χ0n) is 28.4. The minimum Gasteiger partial charge on any atom is -0.494 e. The maximum absolute atomic E-state index is 13.0. The van der Waals surface area contributed by atoms with Gasteiger partial charge in [0.05, 0.1) is 22.5 Å². The number of H-pyrrole nitrogens is 1. The Balaban J connectivity index is 1.14. The molecule has 5 heteroatoms. The maximum atomic E-state index is 13.0.